The summed E-state index contributed by atoms with van der Waals surface area (Å²) in [4.78, 5) is 0. The van der Waals surface area contributed by atoms with Gasteiger partial charge < -0.3 is 6.42 Å². The highest BCUT2D eigenvalue weighted by molar-refractivity contribution is 4.61. The smallest absolute Gasteiger partial charge is 0.0586 e. The fraction of sp³-hybridized carbons (Fsp3) is 0.875. The lowest BCUT2D eigenvalue weighted by atomic mass is 10.1. The summed E-state index contributed by atoms with van der Waals surface area (Å²) in [5.41, 5.74) is 0. The molecule has 0 radical (unpaired) electrons. The average molecular weight is 113 g/mol. The molecule has 0 heterocycles. The van der Waals surface area contributed by atoms with Crippen molar-refractivity contribution in [2.75, 3.05) is 0 Å². The second kappa shape index (κ2) is 7.00. The van der Waals surface area contributed by atoms with Crippen molar-refractivity contribution in [1.29, 1.82) is 0 Å². The Morgan fingerprint density at radius 2 is 1.75 bits per heavy atom. The normalized spacial score (nSPS) is 9.75. The molecule has 0 aliphatic heterocycles. The van der Waals surface area contributed by atoms with Crippen LogP contribution in [0, 0.1) is 6.42 Å². The number of hydrogen-bond donors (Lipinski definition) is 0. The van der Waals surface area contributed by atoms with E-state index in [0.29, 0.717) is 0 Å². The Hall–Kier alpha value is 0. The lowest BCUT2D eigenvalue weighted by molar-refractivity contribution is 0.737. The van der Waals surface area contributed by atoms with Crippen molar-refractivity contribution in [3.05, 3.63) is 6.42 Å². The molecule has 0 heteroatoms. The lowest BCUT2D eigenvalue weighted by Crippen LogP contribution is -1.75. The predicted molar refractivity (Wildman–Crippen MR) is 38.7 cm³/mol. The molecular formula is C8H17-. The third kappa shape index (κ3) is 6.00. The number of rotatable bonds is 5. The summed E-state index contributed by atoms with van der Waals surface area (Å²) in [5.74, 6) is 0. The van der Waals surface area contributed by atoms with Crippen LogP contribution in [0.3, 0.4) is 0 Å². The van der Waals surface area contributed by atoms with Crippen LogP contribution in [0.15, 0.2) is 0 Å². The van der Waals surface area contributed by atoms with E-state index in [4.69, 9.17) is 0 Å². The Balaban J connectivity index is 2.53. The molecule has 0 atom stereocenters. The summed E-state index contributed by atoms with van der Waals surface area (Å²) in [6.45, 7) is 4.46. The van der Waals surface area contributed by atoms with Crippen LogP contribution in [0.5, 0.6) is 0 Å². The van der Waals surface area contributed by atoms with Gasteiger partial charge in [-0.3, -0.25) is 0 Å². The van der Waals surface area contributed by atoms with E-state index in [2.05, 4.69) is 20.3 Å². The van der Waals surface area contributed by atoms with Crippen LogP contribution in [0.4, 0.5) is 0 Å². The second-order valence-electron chi connectivity index (χ2n) is 2.22. The molecule has 0 aromatic heterocycles. The monoisotopic (exact) mass is 113 g/mol. The first-order chi connectivity index (χ1) is 3.91. The van der Waals surface area contributed by atoms with E-state index in [1.165, 1.54) is 32.1 Å². The molecule has 0 bridgehead atoms. The van der Waals surface area contributed by atoms with Crippen molar-refractivity contribution in [3.63, 3.8) is 0 Å². The van der Waals surface area contributed by atoms with Crippen LogP contribution in [-0.2, 0) is 0 Å². The number of unbranched alkanes of at least 4 members (excludes halogenated alkanes) is 5. The zero-order valence-electron chi connectivity index (χ0n) is 6.11. The summed E-state index contributed by atoms with van der Waals surface area (Å²) >= 11 is 0. The van der Waals surface area contributed by atoms with Gasteiger partial charge in [-0.1, -0.05) is 33.1 Å². The van der Waals surface area contributed by atoms with E-state index >= 15 is 0 Å². The quantitative estimate of drug-likeness (QED) is 0.379. The van der Waals surface area contributed by atoms with Gasteiger partial charge in [0.05, 0.1) is 0 Å². The van der Waals surface area contributed by atoms with Crippen molar-refractivity contribution >= 4 is 0 Å². The lowest BCUT2D eigenvalue weighted by Gasteiger charge is -2.06. The molecule has 0 N–H and O–H groups in total. The first-order valence-corrected chi connectivity index (χ1v) is 3.73. The maximum absolute atomic E-state index is 2.39. The van der Waals surface area contributed by atoms with Crippen LogP contribution >= 0.6 is 0 Å². The molecule has 0 aromatic carbocycles. The first kappa shape index (κ1) is 8.00. The third-order valence-electron chi connectivity index (χ3n) is 1.25. The minimum absolute atomic E-state index is 1.31. The van der Waals surface area contributed by atoms with Gasteiger partial charge in [-0.25, -0.2) is 0 Å². The molecule has 0 fully saturated rings. The molecule has 0 aliphatic rings. The standard InChI is InChI=1S/C8H17/c1-3-5-7-8-6-4-2/h7H,3-6,8H2,1-2H3/q-1. The summed E-state index contributed by atoms with van der Waals surface area (Å²) in [5, 5.41) is 0. The van der Waals surface area contributed by atoms with Gasteiger partial charge in [-0.05, 0) is 0 Å². The van der Waals surface area contributed by atoms with Gasteiger partial charge in [0.2, 0.25) is 0 Å². The fourth-order valence-corrected chi connectivity index (χ4v) is 0.697. The third-order valence-corrected chi connectivity index (χ3v) is 1.25. The Morgan fingerprint density at radius 1 is 1.00 bits per heavy atom. The van der Waals surface area contributed by atoms with Crippen LogP contribution < -0.4 is 0 Å². The molecule has 0 aliphatic carbocycles. The van der Waals surface area contributed by atoms with Gasteiger partial charge in [0.1, 0.15) is 0 Å². The Bertz CT molecular complexity index is 25.0. The molecule has 50 valence electrons. The highest BCUT2D eigenvalue weighted by Crippen LogP contribution is 2.01. The first-order valence-electron chi connectivity index (χ1n) is 3.73. The van der Waals surface area contributed by atoms with E-state index in [1.54, 1.807) is 0 Å². The highest BCUT2D eigenvalue weighted by Gasteiger charge is 1.72. The Kier molecular flexibility index (Phi) is 7.00. The zero-order chi connectivity index (χ0) is 6.24. The molecule has 0 rings (SSSR count). The zero-order valence-corrected chi connectivity index (χ0v) is 6.11. The average Bonchev–Trinajstić information content (AvgIpc) is 1.81. The van der Waals surface area contributed by atoms with Crippen LogP contribution in [0.25, 0.3) is 0 Å². The molecule has 0 amide bonds. The molecule has 0 saturated carbocycles. The molecule has 0 spiro atoms. The molecule has 8 heavy (non-hydrogen) atoms. The number of hydrogen-bond acceptors (Lipinski definition) is 0. The van der Waals surface area contributed by atoms with E-state index < -0.39 is 0 Å². The van der Waals surface area contributed by atoms with Crippen molar-refractivity contribution in [3.8, 4) is 0 Å². The summed E-state index contributed by atoms with van der Waals surface area (Å²) in [7, 11) is 0. The molecule has 0 saturated heterocycles. The molecule has 0 unspecified atom stereocenters. The van der Waals surface area contributed by atoms with Gasteiger partial charge in [-0.15, -0.1) is 0 Å². The SMILES string of the molecule is CCC[CH-]CCCC. The predicted octanol–water partition coefficient (Wildman–Crippen LogP) is 3.18. The maximum atomic E-state index is 2.39. The molecule has 0 aromatic rings. The minimum Gasteiger partial charge on any atom is -0.328 e. The highest BCUT2D eigenvalue weighted by atomic mass is 13.9. The summed E-state index contributed by atoms with van der Waals surface area (Å²) < 4.78 is 0. The van der Waals surface area contributed by atoms with Crippen molar-refractivity contribution in [2.24, 2.45) is 0 Å². The molecule has 0 nitrogen and oxygen atoms in total. The fourth-order valence-electron chi connectivity index (χ4n) is 0.697. The van der Waals surface area contributed by atoms with Gasteiger partial charge in [-0.2, -0.15) is 12.8 Å². The van der Waals surface area contributed by atoms with Gasteiger partial charge in [0.25, 0.3) is 0 Å². The van der Waals surface area contributed by atoms with E-state index in [-0.39, 0.29) is 0 Å². The van der Waals surface area contributed by atoms with E-state index in [0.717, 1.165) is 0 Å². The van der Waals surface area contributed by atoms with Crippen molar-refractivity contribution in [1.82, 2.24) is 0 Å². The van der Waals surface area contributed by atoms with Gasteiger partial charge in [0, 0.05) is 0 Å². The Labute approximate surface area is 53.3 Å². The van der Waals surface area contributed by atoms with E-state index in [1.807, 2.05) is 0 Å². The van der Waals surface area contributed by atoms with E-state index in [9.17, 15) is 0 Å². The largest absolute Gasteiger partial charge is 0.328 e. The van der Waals surface area contributed by atoms with Crippen molar-refractivity contribution in [2.45, 2.75) is 46.0 Å². The second-order valence-corrected chi connectivity index (χ2v) is 2.22. The van der Waals surface area contributed by atoms with Crippen molar-refractivity contribution < 1.29 is 0 Å². The van der Waals surface area contributed by atoms with Crippen LogP contribution in [0.1, 0.15) is 46.0 Å². The Morgan fingerprint density at radius 3 is 2.25 bits per heavy atom. The van der Waals surface area contributed by atoms with Crippen LogP contribution in [-0.4, -0.2) is 0 Å². The summed E-state index contributed by atoms with van der Waals surface area (Å²) in [6, 6.07) is 0. The topological polar surface area (TPSA) is 0 Å². The minimum atomic E-state index is 1.31. The summed E-state index contributed by atoms with van der Waals surface area (Å²) in [6.07, 6.45) is 9.04. The molecular weight excluding hydrogens is 96.1 g/mol. The maximum Gasteiger partial charge on any atom is -0.0586 e. The van der Waals surface area contributed by atoms with Gasteiger partial charge >= 0.3 is 0 Å². The van der Waals surface area contributed by atoms with Gasteiger partial charge in [0.15, 0.2) is 0 Å². The van der Waals surface area contributed by atoms with Crippen LogP contribution in [0.2, 0.25) is 0 Å².